The molecule has 0 spiro atoms. The Morgan fingerprint density at radius 3 is 2.42 bits per heavy atom. The van der Waals surface area contributed by atoms with Gasteiger partial charge in [0.2, 0.25) is 0 Å². The topological polar surface area (TPSA) is 41.6 Å². The van der Waals surface area contributed by atoms with Gasteiger partial charge in [-0.25, -0.2) is 4.79 Å². The van der Waals surface area contributed by atoms with E-state index in [1.54, 1.807) is 0 Å². The molecule has 162 valence electrons. The highest BCUT2D eigenvalue weighted by atomic mass is 32.1. The molecule has 0 radical (unpaired) electrons. The normalized spacial score (nSPS) is 11.5. The zero-order chi connectivity index (χ0) is 21.9. The fraction of sp³-hybridized carbons (Fsp3) is 0.269. The van der Waals surface area contributed by atoms with E-state index in [9.17, 15) is 4.79 Å². The molecule has 1 atom stereocenters. The van der Waals surface area contributed by atoms with Crippen molar-refractivity contribution >= 4 is 24.5 Å². The van der Waals surface area contributed by atoms with Crippen LogP contribution in [0.15, 0.2) is 84.9 Å². The molecule has 0 aromatic heterocycles. The van der Waals surface area contributed by atoms with Crippen molar-refractivity contribution in [3.63, 3.8) is 0 Å². The smallest absolute Gasteiger partial charge is 0.331 e. The number of hydrogen-bond donors (Lipinski definition) is 2. The summed E-state index contributed by atoms with van der Waals surface area (Å²) in [6.45, 7) is 2.70. The SMILES string of the molecule is CCCCC(Oc1cccc(NC(=O)N(S)CCc2ccccc2)c1)c1ccccc1. The van der Waals surface area contributed by atoms with Crippen molar-refractivity contribution in [3.05, 3.63) is 96.1 Å². The Labute approximate surface area is 190 Å². The number of nitrogens with zero attached hydrogens (tertiary/aromatic N) is 1. The van der Waals surface area contributed by atoms with Gasteiger partial charge in [0.1, 0.15) is 11.9 Å². The molecule has 1 unspecified atom stereocenters. The zero-order valence-corrected chi connectivity index (χ0v) is 18.8. The van der Waals surface area contributed by atoms with E-state index in [2.05, 4.69) is 37.2 Å². The summed E-state index contributed by atoms with van der Waals surface area (Å²) in [4.78, 5) is 12.5. The average molecular weight is 435 g/mol. The Morgan fingerprint density at radius 1 is 1.00 bits per heavy atom. The third kappa shape index (κ3) is 7.37. The molecule has 0 fully saturated rings. The maximum Gasteiger partial charge on any atom is 0.331 e. The van der Waals surface area contributed by atoms with Crippen molar-refractivity contribution < 1.29 is 9.53 Å². The van der Waals surface area contributed by atoms with E-state index in [1.807, 2.05) is 72.8 Å². The van der Waals surface area contributed by atoms with E-state index >= 15 is 0 Å². The average Bonchev–Trinajstić information content (AvgIpc) is 2.81. The molecule has 3 rings (SSSR count). The number of carbonyl (C=O) groups is 1. The minimum atomic E-state index is -0.262. The molecular weight excluding hydrogens is 404 g/mol. The summed E-state index contributed by atoms with van der Waals surface area (Å²) < 4.78 is 7.70. The fourth-order valence-corrected chi connectivity index (χ4v) is 3.48. The number of benzene rings is 3. The van der Waals surface area contributed by atoms with Gasteiger partial charge in [-0.2, -0.15) is 0 Å². The molecule has 0 saturated carbocycles. The van der Waals surface area contributed by atoms with Crippen LogP contribution in [-0.4, -0.2) is 16.9 Å². The number of hydrogen-bond acceptors (Lipinski definition) is 3. The summed E-state index contributed by atoms with van der Waals surface area (Å²) in [5.74, 6) is 0.734. The standard InChI is InChI=1S/C26H30N2O2S/c1-2-3-17-25(22-13-8-5-9-14-22)30-24-16-10-15-23(20-24)27-26(29)28(31)19-18-21-11-6-4-7-12-21/h4-16,20,25,31H,2-3,17-19H2,1H3,(H,27,29). The molecule has 0 saturated heterocycles. The maximum atomic E-state index is 12.5. The highest BCUT2D eigenvalue weighted by Gasteiger charge is 2.14. The highest BCUT2D eigenvalue weighted by Crippen LogP contribution is 2.28. The summed E-state index contributed by atoms with van der Waals surface area (Å²) in [6, 6.07) is 27.6. The lowest BCUT2D eigenvalue weighted by atomic mass is 10.0. The molecule has 0 bridgehead atoms. The first-order valence-corrected chi connectivity index (χ1v) is 11.2. The van der Waals surface area contributed by atoms with Crippen LogP contribution >= 0.6 is 12.8 Å². The first-order valence-electron chi connectivity index (χ1n) is 10.8. The van der Waals surface area contributed by atoms with E-state index < -0.39 is 0 Å². The van der Waals surface area contributed by atoms with Crippen molar-refractivity contribution in [1.29, 1.82) is 0 Å². The van der Waals surface area contributed by atoms with Gasteiger partial charge >= 0.3 is 6.03 Å². The van der Waals surface area contributed by atoms with Gasteiger partial charge in [-0.1, -0.05) is 92.9 Å². The lowest BCUT2D eigenvalue weighted by Crippen LogP contribution is -2.28. The van der Waals surface area contributed by atoms with Gasteiger partial charge in [0.15, 0.2) is 0 Å². The largest absolute Gasteiger partial charge is 0.486 e. The monoisotopic (exact) mass is 434 g/mol. The van der Waals surface area contributed by atoms with Gasteiger partial charge in [-0.05, 0) is 42.5 Å². The Bertz CT molecular complexity index is 934. The van der Waals surface area contributed by atoms with Crippen LogP contribution in [0.5, 0.6) is 5.75 Å². The molecule has 3 aromatic carbocycles. The van der Waals surface area contributed by atoms with E-state index in [0.29, 0.717) is 12.2 Å². The minimum absolute atomic E-state index is 0.0145. The molecule has 0 aliphatic carbocycles. The third-order valence-corrected chi connectivity index (χ3v) is 5.43. The van der Waals surface area contributed by atoms with Crippen molar-refractivity contribution in [1.82, 2.24) is 4.31 Å². The number of urea groups is 1. The van der Waals surface area contributed by atoms with Crippen LogP contribution in [0.3, 0.4) is 0 Å². The predicted octanol–water partition coefficient (Wildman–Crippen LogP) is 6.92. The van der Waals surface area contributed by atoms with E-state index in [4.69, 9.17) is 4.74 Å². The summed E-state index contributed by atoms with van der Waals surface area (Å²) in [5, 5.41) is 2.91. The van der Waals surface area contributed by atoms with Crippen molar-refractivity contribution in [2.75, 3.05) is 11.9 Å². The second-order valence-corrected chi connectivity index (χ2v) is 7.96. The summed E-state index contributed by atoms with van der Waals surface area (Å²) in [5.41, 5.74) is 3.01. The zero-order valence-electron chi connectivity index (χ0n) is 17.9. The van der Waals surface area contributed by atoms with Crippen LogP contribution < -0.4 is 10.1 Å². The molecule has 2 amide bonds. The molecule has 0 aliphatic heterocycles. The number of rotatable bonds is 10. The Balaban J connectivity index is 1.60. The van der Waals surface area contributed by atoms with Crippen LogP contribution in [-0.2, 0) is 6.42 Å². The second kappa shape index (κ2) is 12.1. The number of anilines is 1. The lowest BCUT2D eigenvalue weighted by molar-refractivity contribution is 0.191. The van der Waals surface area contributed by atoms with Gasteiger partial charge < -0.3 is 10.1 Å². The molecule has 5 heteroatoms. The molecule has 0 heterocycles. The number of nitrogens with one attached hydrogen (secondary N) is 1. The highest BCUT2D eigenvalue weighted by molar-refractivity contribution is 7.78. The third-order valence-electron chi connectivity index (χ3n) is 5.04. The van der Waals surface area contributed by atoms with Gasteiger partial charge in [-0.3, -0.25) is 4.31 Å². The van der Waals surface area contributed by atoms with Gasteiger partial charge in [0, 0.05) is 18.3 Å². The predicted molar refractivity (Wildman–Crippen MR) is 131 cm³/mol. The summed E-state index contributed by atoms with van der Waals surface area (Å²) >= 11 is 4.34. The lowest BCUT2D eigenvalue weighted by Gasteiger charge is -2.20. The minimum Gasteiger partial charge on any atom is -0.486 e. The Morgan fingerprint density at radius 2 is 1.71 bits per heavy atom. The van der Waals surface area contributed by atoms with Crippen molar-refractivity contribution in [3.8, 4) is 5.75 Å². The number of thiol groups is 1. The van der Waals surface area contributed by atoms with Crippen molar-refractivity contribution in [2.24, 2.45) is 0 Å². The van der Waals surface area contributed by atoms with E-state index in [0.717, 1.165) is 37.0 Å². The molecule has 1 N–H and O–H groups in total. The van der Waals surface area contributed by atoms with E-state index in [1.165, 1.54) is 9.87 Å². The number of carbonyl (C=O) groups excluding carboxylic acids is 1. The van der Waals surface area contributed by atoms with Gasteiger partial charge in [0.25, 0.3) is 0 Å². The summed E-state index contributed by atoms with van der Waals surface area (Å²) in [6.07, 6.45) is 3.88. The molecule has 4 nitrogen and oxygen atoms in total. The van der Waals surface area contributed by atoms with Crippen LogP contribution in [0.1, 0.15) is 43.4 Å². The first-order chi connectivity index (χ1) is 15.2. The molecule has 3 aromatic rings. The molecule has 0 aliphatic rings. The Hall–Kier alpha value is -2.92. The quantitative estimate of drug-likeness (QED) is 0.340. The van der Waals surface area contributed by atoms with Crippen molar-refractivity contribution in [2.45, 2.75) is 38.7 Å². The van der Waals surface area contributed by atoms with Crippen LogP contribution in [0.2, 0.25) is 0 Å². The second-order valence-electron chi connectivity index (χ2n) is 7.48. The maximum absolute atomic E-state index is 12.5. The number of unbranched alkanes of at least 4 members (excludes halogenated alkanes) is 1. The Kier molecular flexibility index (Phi) is 8.85. The number of ether oxygens (including phenoxy) is 1. The summed E-state index contributed by atoms with van der Waals surface area (Å²) in [7, 11) is 0. The number of amides is 2. The first kappa shape index (κ1) is 22.8. The van der Waals surface area contributed by atoms with Crippen LogP contribution in [0.4, 0.5) is 10.5 Å². The van der Waals surface area contributed by atoms with E-state index in [-0.39, 0.29) is 12.1 Å². The molecular formula is C26H30N2O2S. The molecule has 31 heavy (non-hydrogen) atoms. The van der Waals surface area contributed by atoms with Crippen LogP contribution in [0, 0.1) is 0 Å². The van der Waals surface area contributed by atoms with Crippen LogP contribution in [0.25, 0.3) is 0 Å². The van der Waals surface area contributed by atoms with Gasteiger partial charge in [-0.15, -0.1) is 0 Å². The van der Waals surface area contributed by atoms with Gasteiger partial charge in [0.05, 0.1) is 0 Å². The fourth-order valence-electron chi connectivity index (χ4n) is 3.33.